The molecule has 0 aromatic rings. The van der Waals surface area contributed by atoms with Gasteiger partial charge in [-0.25, -0.2) is 5.06 Å². The van der Waals surface area contributed by atoms with Gasteiger partial charge in [-0.2, -0.15) is 0 Å². The summed E-state index contributed by atoms with van der Waals surface area (Å²) in [4.78, 5) is 27.5. The Hall–Kier alpha value is -0.940. The number of carbonyl (C=O) groups is 2. The Morgan fingerprint density at radius 3 is 2.87 bits per heavy atom. The molecule has 1 amide bonds. The summed E-state index contributed by atoms with van der Waals surface area (Å²) in [7, 11) is 0. The molecule has 2 rings (SSSR count). The Kier molecular flexibility index (Phi) is 3.02. The van der Waals surface area contributed by atoms with Crippen LogP contribution >= 0.6 is 0 Å². The molecule has 2 fully saturated rings. The van der Waals surface area contributed by atoms with E-state index < -0.39 is 0 Å². The number of carbonyl (C=O) groups excluding carboxylic acids is 2. The SMILES string of the molecule is O=CCCN1OC2(CCNCC2)CC1=O. The van der Waals surface area contributed by atoms with Crippen LogP contribution in [0.15, 0.2) is 0 Å². The van der Waals surface area contributed by atoms with Crippen LogP contribution in [-0.2, 0) is 14.4 Å². The number of hydroxylamine groups is 2. The van der Waals surface area contributed by atoms with Gasteiger partial charge in [0, 0.05) is 6.42 Å². The Morgan fingerprint density at radius 2 is 2.20 bits per heavy atom. The zero-order valence-corrected chi connectivity index (χ0v) is 8.70. The number of nitrogens with one attached hydrogen (secondary N) is 1. The molecule has 2 aliphatic heterocycles. The molecule has 2 heterocycles. The topological polar surface area (TPSA) is 58.6 Å². The first kappa shape index (κ1) is 10.6. The number of nitrogens with zero attached hydrogens (tertiary/aromatic N) is 1. The van der Waals surface area contributed by atoms with Gasteiger partial charge >= 0.3 is 0 Å². The Balaban J connectivity index is 1.95. The summed E-state index contributed by atoms with van der Waals surface area (Å²) in [5, 5.41) is 4.60. The molecule has 0 aromatic heterocycles. The number of piperidine rings is 1. The molecular weight excluding hydrogens is 196 g/mol. The maximum Gasteiger partial charge on any atom is 0.249 e. The summed E-state index contributed by atoms with van der Waals surface area (Å²) in [6, 6.07) is 0. The lowest BCUT2D eigenvalue weighted by Crippen LogP contribution is -2.42. The largest absolute Gasteiger partial charge is 0.317 e. The van der Waals surface area contributed by atoms with Gasteiger partial charge in [-0.15, -0.1) is 0 Å². The molecule has 5 heteroatoms. The fourth-order valence-electron chi connectivity index (χ4n) is 2.17. The maximum atomic E-state index is 11.6. The minimum absolute atomic E-state index is 0.0127. The van der Waals surface area contributed by atoms with Crippen molar-refractivity contribution < 1.29 is 14.4 Å². The van der Waals surface area contributed by atoms with Gasteiger partial charge in [-0.3, -0.25) is 9.63 Å². The molecule has 15 heavy (non-hydrogen) atoms. The highest BCUT2D eigenvalue weighted by molar-refractivity contribution is 5.78. The third kappa shape index (κ3) is 2.18. The molecule has 0 unspecified atom stereocenters. The molecule has 0 radical (unpaired) electrons. The number of hydrogen-bond acceptors (Lipinski definition) is 4. The van der Waals surface area contributed by atoms with E-state index in [0.717, 1.165) is 32.2 Å². The van der Waals surface area contributed by atoms with Gasteiger partial charge in [0.15, 0.2) is 0 Å². The molecule has 2 aliphatic rings. The van der Waals surface area contributed by atoms with Crippen LogP contribution in [0, 0.1) is 0 Å². The molecule has 5 nitrogen and oxygen atoms in total. The lowest BCUT2D eigenvalue weighted by molar-refractivity contribution is -0.205. The van der Waals surface area contributed by atoms with Crippen molar-refractivity contribution in [3.8, 4) is 0 Å². The second kappa shape index (κ2) is 4.28. The second-order valence-electron chi connectivity index (χ2n) is 4.15. The third-order valence-electron chi connectivity index (χ3n) is 3.02. The summed E-state index contributed by atoms with van der Waals surface area (Å²) in [5.74, 6) is 0.0127. The molecule has 0 aliphatic carbocycles. The molecule has 1 N–H and O–H groups in total. The molecule has 0 bridgehead atoms. The minimum Gasteiger partial charge on any atom is -0.317 e. The van der Waals surface area contributed by atoms with Crippen molar-refractivity contribution in [2.24, 2.45) is 0 Å². The van der Waals surface area contributed by atoms with Crippen LogP contribution in [0.1, 0.15) is 25.7 Å². The monoisotopic (exact) mass is 212 g/mol. The first-order chi connectivity index (χ1) is 7.26. The van der Waals surface area contributed by atoms with Gasteiger partial charge in [0.2, 0.25) is 5.91 Å². The average Bonchev–Trinajstić information content (AvgIpc) is 2.53. The molecule has 0 aromatic carbocycles. The van der Waals surface area contributed by atoms with Crippen LogP contribution in [0.25, 0.3) is 0 Å². The van der Waals surface area contributed by atoms with Crippen LogP contribution in [0.3, 0.4) is 0 Å². The third-order valence-corrected chi connectivity index (χ3v) is 3.02. The first-order valence-corrected chi connectivity index (χ1v) is 5.40. The van der Waals surface area contributed by atoms with Gasteiger partial charge in [0.1, 0.15) is 11.9 Å². The Morgan fingerprint density at radius 1 is 1.47 bits per heavy atom. The molecular formula is C10H16N2O3. The summed E-state index contributed by atoms with van der Waals surface area (Å²) < 4.78 is 0. The average molecular weight is 212 g/mol. The zero-order valence-electron chi connectivity index (χ0n) is 8.70. The van der Waals surface area contributed by atoms with Crippen molar-refractivity contribution in [1.82, 2.24) is 10.4 Å². The molecule has 0 saturated carbocycles. The normalized spacial score (nSPS) is 24.8. The number of aldehydes is 1. The van der Waals surface area contributed by atoms with Crippen LogP contribution in [0.2, 0.25) is 0 Å². The second-order valence-corrected chi connectivity index (χ2v) is 4.15. The Labute approximate surface area is 88.7 Å². The lowest BCUT2D eigenvalue weighted by Gasteiger charge is -2.32. The quantitative estimate of drug-likeness (QED) is 0.662. The van der Waals surface area contributed by atoms with Gasteiger partial charge < -0.3 is 10.1 Å². The minimum atomic E-state index is -0.286. The Bertz CT molecular complexity index is 261. The highest BCUT2D eigenvalue weighted by Crippen LogP contribution is 2.34. The summed E-state index contributed by atoms with van der Waals surface area (Å²) in [5.41, 5.74) is -0.286. The highest BCUT2D eigenvalue weighted by atomic mass is 16.7. The van der Waals surface area contributed by atoms with E-state index in [4.69, 9.17) is 4.84 Å². The lowest BCUT2D eigenvalue weighted by atomic mass is 9.90. The van der Waals surface area contributed by atoms with Gasteiger partial charge in [-0.1, -0.05) is 0 Å². The van der Waals surface area contributed by atoms with Crippen LogP contribution in [-0.4, -0.2) is 42.5 Å². The van der Waals surface area contributed by atoms with Crippen LogP contribution in [0.4, 0.5) is 0 Å². The van der Waals surface area contributed by atoms with E-state index in [1.165, 1.54) is 5.06 Å². The van der Waals surface area contributed by atoms with Crippen molar-refractivity contribution in [3.63, 3.8) is 0 Å². The van der Waals surface area contributed by atoms with Crippen LogP contribution in [0.5, 0.6) is 0 Å². The predicted molar refractivity (Wildman–Crippen MR) is 52.9 cm³/mol. The van der Waals surface area contributed by atoms with E-state index in [1.54, 1.807) is 0 Å². The fraction of sp³-hybridized carbons (Fsp3) is 0.800. The molecule has 0 atom stereocenters. The van der Waals surface area contributed by atoms with E-state index in [9.17, 15) is 9.59 Å². The van der Waals surface area contributed by atoms with Gasteiger partial charge in [0.25, 0.3) is 0 Å². The van der Waals surface area contributed by atoms with E-state index in [1.807, 2.05) is 0 Å². The zero-order chi connectivity index (χ0) is 10.7. The summed E-state index contributed by atoms with van der Waals surface area (Å²) >= 11 is 0. The standard InChI is InChI=1S/C10H16N2O3/c13-7-1-6-12-9(14)8-10(15-12)2-4-11-5-3-10/h7,11H,1-6,8H2. The van der Waals surface area contributed by atoms with E-state index >= 15 is 0 Å². The first-order valence-electron chi connectivity index (χ1n) is 5.40. The summed E-state index contributed by atoms with van der Waals surface area (Å²) in [6.45, 7) is 2.18. The van der Waals surface area contributed by atoms with E-state index in [0.29, 0.717) is 19.4 Å². The van der Waals surface area contributed by atoms with Crippen molar-refractivity contribution in [2.45, 2.75) is 31.3 Å². The molecule has 84 valence electrons. The number of rotatable bonds is 3. The summed E-state index contributed by atoms with van der Waals surface area (Å²) in [6.07, 6.45) is 3.37. The van der Waals surface area contributed by atoms with Crippen molar-refractivity contribution in [1.29, 1.82) is 0 Å². The fourth-order valence-corrected chi connectivity index (χ4v) is 2.17. The number of amides is 1. The smallest absolute Gasteiger partial charge is 0.249 e. The predicted octanol–water partition coefficient (Wildman–Crippen LogP) is -0.139. The van der Waals surface area contributed by atoms with Crippen molar-refractivity contribution in [2.75, 3.05) is 19.6 Å². The number of hydrogen-bond donors (Lipinski definition) is 1. The van der Waals surface area contributed by atoms with Crippen molar-refractivity contribution in [3.05, 3.63) is 0 Å². The highest BCUT2D eigenvalue weighted by Gasteiger charge is 2.45. The van der Waals surface area contributed by atoms with Crippen LogP contribution < -0.4 is 5.32 Å². The van der Waals surface area contributed by atoms with Crippen molar-refractivity contribution >= 4 is 12.2 Å². The molecule has 2 saturated heterocycles. The van der Waals surface area contributed by atoms with Gasteiger partial charge in [0.05, 0.1) is 13.0 Å². The maximum absolute atomic E-state index is 11.6. The van der Waals surface area contributed by atoms with E-state index in [-0.39, 0.29) is 11.5 Å². The van der Waals surface area contributed by atoms with E-state index in [2.05, 4.69) is 5.32 Å². The molecule has 1 spiro atoms. The van der Waals surface area contributed by atoms with Gasteiger partial charge in [-0.05, 0) is 25.9 Å².